The highest BCUT2D eigenvalue weighted by Crippen LogP contribution is 2.42. The third kappa shape index (κ3) is 2.42. The predicted octanol–water partition coefficient (Wildman–Crippen LogP) is 3.12. The van der Waals surface area contributed by atoms with Crippen LogP contribution < -0.4 is 4.74 Å². The fourth-order valence-electron chi connectivity index (χ4n) is 3.60. The number of ether oxygens (including phenoxy) is 1. The molecule has 6 nitrogen and oxygen atoms in total. The van der Waals surface area contributed by atoms with Crippen LogP contribution in [0.1, 0.15) is 33.3 Å². The average molecular weight is 366 g/mol. The van der Waals surface area contributed by atoms with Crippen molar-refractivity contribution in [3.63, 3.8) is 0 Å². The van der Waals surface area contributed by atoms with Gasteiger partial charge in [0.05, 0.1) is 11.4 Å². The summed E-state index contributed by atoms with van der Waals surface area (Å²) in [6.45, 7) is 1.93. The molecule has 26 heavy (non-hydrogen) atoms. The second-order valence-electron chi connectivity index (χ2n) is 6.70. The van der Waals surface area contributed by atoms with Gasteiger partial charge in [0.1, 0.15) is 18.2 Å². The number of nitrogens with zero attached hydrogens (tertiary/aromatic N) is 4. The summed E-state index contributed by atoms with van der Waals surface area (Å²) in [6, 6.07) is 9.94. The van der Waals surface area contributed by atoms with Gasteiger partial charge in [-0.05, 0) is 24.6 Å². The molecule has 0 N–H and O–H groups in total. The van der Waals surface area contributed by atoms with Gasteiger partial charge in [-0.1, -0.05) is 12.1 Å². The van der Waals surface area contributed by atoms with Crippen LogP contribution in [0.15, 0.2) is 30.3 Å². The minimum absolute atomic E-state index is 0.0113. The van der Waals surface area contributed by atoms with E-state index in [0.29, 0.717) is 13.2 Å². The largest absolute Gasteiger partial charge is 0.488 e. The van der Waals surface area contributed by atoms with Crippen LogP contribution in [0.3, 0.4) is 0 Å². The number of fused-ring (bicyclic) bond motifs is 4. The lowest BCUT2D eigenvalue weighted by molar-refractivity contribution is 0.0784. The zero-order valence-corrected chi connectivity index (χ0v) is 15.3. The summed E-state index contributed by atoms with van der Waals surface area (Å²) in [6.07, 6.45) is 2.08. The van der Waals surface area contributed by atoms with Gasteiger partial charge in [-0.15, -0.1) is 21.5 Å². The smallest absolute Gasteiger partial charge is 0.264 e. The molecule has 5 rings (SSSR count). The number of benzene rings is 1. The molecule has 0 saturated heterocycles. The van der Waals surface area contributed by atoms with Crippen LogP contribution in [0.2, 0.25) is 0 Å². The summed E-state index contributed by atoms with van der Waals surface area (Å²) in [4.78, 5) is 16.5. The SMILES string of the molecule is CN(Cc1nnc2n1CCC2)C(=O)c1cc2c(s1)-c1ccccc1OC2. The summed E-state index contributed by atoms with van der Waals surface area (Å²) < 4.78 is 7.93. The van der Waals surface area contributed by atoms with E-state index in [1.807, 2.05) is 37.4 Å². The lowest BCUT2D eigenvalue weighted by Crippen LogP contribution is -2.27. The van der Waals surface area contributed by atoms with Gasteiger partial charge in [-0.3, -0.25) is 4.79 Å². The van der Waals surface area contributed by atoms with Crippen molar-refractivity contribution < 1.29 is 9.53 Å². The number of carbonyl (C=O) groups excluding carboxylic acids is 1. The Hall–Kier alpha value is -2.67. The molecule has 2 aliphatic heterocycles. The molecule has 0 atom stereocenters. The zero-order valence-electron chi connectivity index (χ0n) is 14.4. The Morgan fingerprint density at radius 3 is 3.15 bits per heavy atom. The first-order valence-corrected chi connectivity index (χ1v) is 9.53. The number of aryl methyl sites for hydroxylation is 1. The molecular weight excluding hydrogens is 348 g/mol. The van der Waals surface area contributed by atoms with Crippen molar-refractivity contribution in [1.82, 2.24) is 19.7 Å². The van der Waals surface area contributed by atoms with E-state index in [4.69, 9.17) is 4.74 Å². The normalized spacial score (nSPS) is 14.3. The van der Waals surface area contributed by atoms with E-state index in [0.717, 1.165) is 57.7 Å². The van der Waals surface area contributed by atoms with Crippen LogP contribution in [-0.2, 0) is 26.1 Å². The monoisotopic (exact) mass is 366 g/mol. The second kappa shape index (κ2) is 5.95. The van der Waals surface area contributed by atoms with Crippen LogP contribution in [0, 0.1) is 0 Å². The molecule has 1 amide bonds. The molecular formula is C19H18N4O2S. The number of hydrogen-bond acceptors (Lipinski definition) is 5. The van der Waals surface area contributed by atoms with E-state index in [2.05, 4.69) is 14.8 Å². The highest BCUT2D eigenvalue weighted by atomic mass is 32.1. The van der Waals surface area contributed by atoms with Crippen LogP contribution in [0.4, 0.5) is 0 Å². The topological polar surface area (TPSA) is 60.2 Å². The van der Waals surface area contributed by atoms with Crippen molar-refractivity contribution in [2.24, 2.45) is 0 Å². The lowest BCUT2D eigenvalue weighted by Gasteiger charge is -2.16. The highest BCUT2D eigenvalue weighted by Gasteiger charge is 2.25. The third-order valence-corrected chi connectivity index (χ3v) is 6.14. The Morgan fingerprint density at radius 1 is 1.35 bits per heavy atom. The maximum absolute atomic E-state index is 12.9. The standard InChI is InChI=1S/C19H18N4O2S/c1-22(10-17-21-20-16-7-4-8-23(16)17)19(24)15-9-12-11-25-14-6-3-2-5-13(14)18(12)26-15/h2-3,5-6,9H,4,7-8,10-11H2,1H3. The molecule has 2 aromatic heterocycles. The first kappa shape index (κ1) is 15.6. The molecule has 0 radical (unpaired) electrons. The summed E-state index contributed by atoms with van der Waals surface area (Å²) in [7, 11) is 1.82. The summed E-state index contributed by atoms with van der Waals surface area (Å²) in [5.41, 5.74) is 2.14. The molecule has 0 saturated carbocycles. The van der Waals surface area contributed by atoms with Crippen LogP contribution in [-0.4, -0.2) is 32.6 Å². The maximum Gasteiger partial charge on any atom is 0.264 e. The Kier molecular flexibility index (Phi) is 3.56. The van der Waals surface area contributed by atoms with Crippen molar-refractivity contribution in [2.45, 2.75) is 32.5 Å². The van der Waals surface area contributed by atoms with Gasteiger partial charge in [0, 0.05) is 36.0 Å². The Labute approximate surface area is 155 Å². The molecule has 0 aliphatic carbocycles. The number of hydrogen-bond donors (Lipinski definition) is 0. The molecule has 1 aromatic carbocycles. The van der Waals surface area contributed by atoms with Crippen molar-refractivity contribution in [3.8, 4) is 16.2 Å². The quantitative estimate of drug-likeness (QED) is 0.715. The first-order chi connectivity index (χ1) is 12.7. The second-order valence-corrected chi connectivity index (χ2v) is 7.75. The number of aromatic nitrogens is 3. The fourth-order valence-corrected chi connectivity index (χ4v) is 4.80. The fraction of sp³-hybridized carbons (Fsp3) is 0.316. The molecule has 0 fully saturated rings. The van der Waals surface area contributed by atoms with Gasteiger partial charge < -0.3 is 14.2 Å². The van der Waals surface area contributed by atoms with Crippen LogP contribution in [0.25, 0.3) is 10.4 Å². The molecule has 3 aromatic rings. The van der Waals surface area contributed by atoms with Gasteiger partial charge in [-0.25, -0.2) is 0 Å². The first-order valence-electron chi connectivity index (χ1n) is 8.72. The third-order valence-electron chi connectivity index (χ3n) is 4.95. The van der Waals surface area contributed by atoms with Crippen molar-refractivity contribution in [1.29, 1.82) is 0 Å². The Morgan fingerprint density at radius 2 is 2.23 bits per heavy atom. The molecule has 7 heteroatoms. The number of rotatable bonds is 3. The maximum atomic E-state index is 12.9. The van der Waals surface area contributed by atoms with Crippen molar-refractivity contribution >= 4 is 17.2 Å². The Bertz CT molecular complexity index is 1010. The minimum atomic E-state index is 0.0113. The van der Waals surface area contributed by atoms with Gasteiger partial charge in [0.25, 0.3) is 5.91 Å². The van der Waals surface area contributed by atoms with E-state index in [-0.39, 0.29) is 5.91 Å². The Balaban J connectivity index is 1.40. The van der Waals surface area contributed by atoms with E-state index in [1.54, 1.807) is 4.90 Å². The summed E-state index contributed by atoms with van der Waals surface area (Å²) in [5.74, 6) is 2.79. The summed E-state index contributed by atoms with van der Waals surface area (Å²) >= 11 is 1.54. The van der Waals surface area contributed by atoms with Gasteiger partial charge in [-0.2, -0.15) is 0 Å². The van der Waals surface area contributed by atoms with Gasteiger partial charge >= 0.3 is 0 Å². The molecule has 0 unspecified atom stereocenters. The molecule has 0 bridgehead atoms. The van der Waals surface area contributed by atoms with E-state index in [1.165, 1.54) is 11.3 Å². The number of amides is 1. The molecule has 2 aliphatic rings. The van der Waals surface area contributed by atoms with E-state index in [9.17, 15) is 4.79 Å². The number of para-hydroxylation sites is 1. The van der Waals surface area contributed by atoms with Crippen molar-refractivity contribution in [3.05, 3.63) is 52.4 Å². The van der Waals surface area contributed by atoms with E-state index < -0.39 is 0 Å². The molecule has 132 valence electrons. The van der Waals surface area contributed by atoms with Gasteiger partial charge in [0.15, 0.2) is 5.82 Å². The summed E-state index contributed by atoms with van der Waals surface area (Å²) in [5, 5.41) is 8.47. The lowest BCUT2D eigenvalue weighted by atomic mass is 10.1. The number of thiophene rings is 1. The van der Waals surface area contributed by atoms with Crippen LogP contribution >= 0.6 is 11.3 Å². The van der Waals surface area contributed by atoms with E-state index >= 15 is 0 Å². The number of carbonyl (C=O) groups is 1. The van der Waals surface area contributed by atoms with Crippen molar-refractivity contribution in [2.75, 3.05) is 7.05 Å². The average Bonchev–Trinajstić information content (AvgIpc) is 3.37. The zero-order chi connectivity index (χ0) is 17.7. The van der Waals surface area contributed by atoms with Crippen LogP contribution in [0.5, 0.6) is 5.75 Å². The molecule has 0 spiro atoms. The molecule has 4 heterocycles. The predicted molar refractivity (Wildman–Crippen MR) is 98.2 cm³/mol. The minimum Gasteiger partial charge on any atom is -0.488 e. The highest BCUT2D eigenvalue weighted by molar-refractivity contribution is 7.17. The van der Waals surface area contributed by atoms with Gasteiger partial charge in [0.2, 0.25) is 0 Å².